The molecule has 2 atom stereocenters. The molecule has 0 aliphatic carbocycles. The van der Waals surface area contributed by atoms with Gasteiger partial charge >= 0.3 is 0 Å². The molecule has 0 saturated heterocycles. The van der Waals surface area contributed by atoms with Gasteiger partial charge in [-0.15, -0.1) is 11.8 Å². The van der Waals surface area contributed by atoms with Crippen molar-refractivity contribution < 1.29 is 5.11 Å². The fraction of sp³-hybridized carbons (Fsp3) is 1.00. The number of aliphatic hydroxyl groups excluding tert-OH is 1. The van der Waals surface area contributed by atoms with Gasteiger partial charge < -0.3 is 5.11 Å². The lowest BCUT2D eigenvalue weighted by Crippen LogP contribution is -2.21. The minimum Gasteiger partial charge on any atom is -0.383 e. The summed E-state index contributed by atoms with van der Waals surface area (Å²) in [6.45, 7) is 10.5. The Hall–Kier alpha value is 0.310. The molecule has 0 amide bonds. The zero-order valence-electron chi connectivity index (χ0n) is 7.51. The van der Waals surface area contributed by atoms with Crippen molar-refractivity contribution in [2.45, 2.75) is 45.3 Å². The molecule has 0 saturated carbocycles. The molecule has 0 fully saturated rings. The number of hydrogen-bond donors (Lipinski definition) is 1. The maximum atomic E-state index is 9.05. The highest BCUT2D eigenvalue weighted by atomic mass is 32.2. The highest BCUT2D eigenvalue weighted by molar-refractivity contribution is 8.00. The second-order valence-corrected chi connectivity index (χ2v) is 5.41. The Kier molecular flexibility index (Phi) is 3.74. The first-order valence-electron chi connectivity index (χ1n) is 3.67. The van der Waals surface area contributed by atoms with Gasteiger partial charge in [0.25, 0.3) is 0 Å². The normalized spacial score (nSPS) is 18.6. The van der Waals surface area contributed by atoms with Gasteiger partial charge in [-0.05, 0) is 12.3 Å². The van der Waals surface area contributed by atoms with Crippen molar-refractivity contribution in [3.63, 3.8) is 0 Å². The van der Waals surface area contributed by atoms with Gasteiger partial charge in [-0.1, -0.05) is 27.7 Å². The van der Waals surface area contributed by atoms with Crippen molar-refractivity contribution in [2.24, 2.45) is 5.41 Å². The van der Waals surface area contributed by atoms with Crippen LogP contribution in [-0.2, 0) is 0 Å². The van der Waals surface area contributed by atoms with Crippen molar-refractivity contribution in [1.82, 2.24) is 0 Å². The smallest absolute Gasteiger partial charge is 0.0967 e. The van der Waals surface area contributed by atoms with Crippen molar-refractivity contribution in [1.29, 1.82) is 0 Å². The van der Waals surface area contributed by atoms with Crippen molar-refractivity contribution in [3.8, 4) is 0 Å². The largest absolute Gasteiger partial charge is 0.383 e. The molecule has 0 aliphatic heterocycles. The highest BCUT2D eigenvalue weighted by Crippen LogP contribution is 2.31. The second-order valence-electron chi connectivity index (χ2n) is 3.74. The summed E-state index contributed by atoms with van der Waals surface area (Å²) in [6, 6.07) is 0. The van der Waals surface area contributed by atoms with E-state index in [-0.39, 0.29) is 5.44 Å². The van der Waals surface area contributed by atoms with Gasteiger partial charge in [0.1, 0.15) is 0 Å². The molecule has 2 heteroatoms. The maximum absolute atomic E-state index is 9.05. The van der Waals surface area contributed by atoms with E-state index in [0.717, 1.165) is 0 Å². The van der Waals surface area contributed by atoms with Gasteiger partial charge in [0, 0.05) is 5.25 Å². The SMILES string of the molecule is CC(O)SC(C)C(C)(C)C. The molecule has 1 N–H and O–H groups in total. The third-order valence-electron chi connectivity index (χ3n) is 1.62. The third-order valence-corrected chi connectivity index (χ3v) is 3.13. The van der Waals surface area contributed by atoms with Crippen molar-refractivity contribution >= 4 is 11.8 Å². The fourth-order valence-corrected chi connectivity index (χ4v) is 1.50. The Balaban J connectivity index is 3.73. The predicted octanol–water partition coefficient (Wildman–Crippen LogP) is 2.49. The van der Waals surface area contributed by atoms with Crippen LogP contribution in [0, 0.1) is 5.41 Å². The summed E-state index contributed by atoms with van der Waals surface area (Å²) in [5, 5.41) is 9.56. The predicted molar refractivity (Wildman–Crippen MR) is 48.2 cm³/mol. The molecule has 62 valence electrons. The Labute approximate surface area is 68.2 Å². The molecule has 10 heavy (non-hydrogen) atoms. The quantitative estimate of drug-likeness (QED) is 0.629. The van der Waals surface area contributed by atoms with Crippen LogP contribution in [0.5, 0.6) is 0 Å². The minimum absolute atomic E-state index is 0.241. The van der Waals surface area contributed by atoms with E-state index in [1.807, 2.05) is 6.92 Å². The summed E-state index contributed by atoms with van der Waals surface area (Å²) in [5.74, 6) is 0. The average molecular weight is 162 g/mol. The first kappa shape index (κ1) is 10.3. The molecule has 0 spiro atoms. The van der Waals surface area contributed by atoms with Gasteiger partial charge in [-0.3, -0.25) is 0 Å². The number of thioether (sulfide) groups is 1. The van der Waals surface area contributed by atoms with Crippen LogP contribution in [0.15, 0.2) is 0 Å². The molecule has 0 aromatic heterocycles. The van der Waals surface area contributed by atoms with E-state index in [2.05, 4.69) is 27.7 Å². The van der Waals surface area contributed by atoms with E-state index in [1.54, 1.807) is 11.8 Å². The van der Waals surface area contributed by atoms with Crippen LogP contribution >= 0.6 is 11.8 Å². The van der Waals surface area contributed by atoms with Crippen LogP contribution in [0.2, 0.25) is 0 Å². The fourth-order valence-electron chi connectivity index (χ4n) is 0.500. The molecule has 0 bridgehead atoms. The summed E-state index contributed by atoms with van der Waals surface area (Å²) in [6.07, 6.45) is 0. The highest BCUT2D eigenvalue weighted by Gasteiger charge is 2.21. The Bertz CT molecular complexity index is 93.9. The van der Waals surface area contributed by atoms with Crippen molar-refractivity contribution in [2.75, 3.05) is 0 Å². The van der Waals surface area contributed by atoms with E-state index >= 15 is 0 Å². The van der Waals surface area contributed by atoms with E-state index in [4.69, 9.17) is 5.11 Å². The van der Waals surface area contributed by atoms with Crippen LogP contribution in [0.1, 0.15) is 34.6 Å². The van der Waals surface area contributed by atoms with E-state index < -0.39 is 0 Å². The van der Waals surface area contributed by atoms with Crippen LogP contribution in [0.25, 0.3) is 0 Å². The lowest BCUT2D eigenvalue weighted by atomic mass is 9.93. The van der Waals surface area contributed by atoms with Gasteiger partial charge in [0.15, 0.2) is 0 Å². The number of hydrogen-bond acceptors (Lipinski definition) is 2. The Morgan fingerprint density at radius 1 is 1.20 bits per heavy atom. The topological polar surface area (TPSA) is 20.2 Å². The zero-order valence-corrected chi connectivity index (χ0v) is 8.33. The van der Waals surface area contributed by atoms with Gasteiger partial charge in [0.2, 0.25) is 0 Å². The molecule has 0 aromatic carbocycles. The summed E-state index contributed by atoms with van der Waals surface area (Å²) < 4.78 is 0. The molecular weight excluding hydrogens is 144 g/mol. The summed E-state index contributed by atoms with van der Waals surface area (Å²) in [5.41, 5.74) is 0.0519. The van der Waals surface area contributed by atoms with E-state index in [0.29, 0.717) is 10.7 Å². The first-order valence-corrected chi connectivity index (χ1v) is 4.62. The molecule has 0 rings (SSSR count). The van der Waals surface area contributed by atoms with E-state index in [1.165, 1.54) is 0 Å². The Morgan fingerprint density at radius 2 is 1.60 bits per heavy atom. The van der Waals surface area contributed by atoms with Crippen LogP contribution < -0.4 is 0 Å². The molecular formula is C8H18OS. The molecule has 1 nitrogen and oxygen atoms in total. The number of aliphatic hydroxyl groups is 1. The molecule has 0 radical (unpaired) electrons. The number of rotatable bonds is 2. The molecule has 0 aliphatic rings. The maximum Gasteiger partial charge on any atom is 0.0967 e. The van der Waals surface area contributed by atoms with Gasteiger partial charge in [-0.2, -0.15) is 0 Å². The summed E-state index contributed by atoms with van der Waals surface area (Å²) >= 11 is 1.62. The lowest BCUT2D eigenvalue weighted by molar-refractivity contribution is 0.279. The van der Waals surface area contributed by atoms with Crippen LogP contribution in [0.4, 0.5) is 0 Å². The standard InChI is InChI=1S/C8H18OS/c1-6(8(3,4)5)10-7(2)9/h6-7,9H,1-5H3. The van der Waals surface area contributed by atoms with E-state index in [9.17, 15) is 0 Å². The first-order chi connectivity index (χ1) is 4.34. The molecule has 0 heterocycles. The van der Waals surface area contributed by atoms with Gasteiger partial charge in [-0.25, -0.2) is 0 Å². The average Bonchev–Trinajstić information content (AvgIpc) is 1.60. The molecule has 2 unspecified atom stereocenters. The van der Waals surface area contributed by atoms with Crippen LogP contribution in [-0.4, -0.2) is 15.8 Å². The van der Waals surface area contributed by atoms with Crippen molar-refractivity contribution in [3.05, 3.63) is 0 Å². The lowest BCUT2D eigenvalue weighted by Gasteiger charge is -2.27. The Morgan fingerprint density at radius 3 is 1.70 bits per heavy atom. The third kappa shape index (κ3) is 4.18. The van der Waals surface area contributed by atoms with Gasteiger partial charge in [0.05, 0.1) is 5.44 Å². The monoisotopic (exact) mass is 162 g/mol. The van der Waals surface area contributed by atoms with Crippen LogP contribution in [0.3, 0.4) is 0 Å². The summed E-state index contributed by atoms with van der Waals surface area (Å²) in [7, 11) is 0. The summed E-state index contributed by atoms with van der Waals surface area (Å²) in [4.78, 5) is 0. The zero-order chi connectivity index (χ0) is 8.36. The molecule has 0 aromatic rings. The minimum atomic E-state index is -0.241. The second kappa shape index (κ2) is 3.63.